The van der Waals surface area contributed by atoms with Gasteiger partial charge in [0.2, 0.25) is 5.91 Å². The molecule has 1 N–H and O–H groups in total. The van der Waals surface area contributed by atoms with Crippen molar-refractivity contribution >= 4 is 23.5 Å². The molecule has 1 aliphatic rings. The number of ether oxygens (including phenoxy) is 2. The molecule has 1 fully saturated rings. The van der Waals surface area contributed by atoms with E-state index in [9.17, 15) is 14.4 Å². The van der Waals surface area contributed by atoms with Gasteiger partial charge >= 0.3 is 11.9 Å². The fraction of sp³-hybridized carbons (Fsp3) is 0.250. The number of carbonyl (C=O) groups excluding carboxylic acids is 3. The molecule has 0 spiro atoms. The molecule has 2 atom stereocenters. The maximum absolute atomic E-state index is 12.5. The van der Waals surface area contributed by atoms with E-state index in [4.69, 9.17) is 9.47 Å². The van der Waals surface area contributed by atoms with Crippen LogP contribution < -0.4 is 5.32 Å². The number of rotatable bonds is 5. The van der Waals surface area contributed by atoms with Gasteiger partial charge in [-0.05, 0) is 36.1 Å². The Hall–Kier alpha value is -3.15. The van der Waals surface area contributed by atoms with Crippen LogP contribution in [0.2, 0.25) is 0 Å². The molecule has 6 nitrogen and oxygen atoms in total. The molecule has 134 valence electrons. The highest BCUT2D eigenvalue weighted by atomic mass is 16.5. The van der Waals surface area contributed by atoms with Gasteiger partial charge in [0.1, 0.15) is 0 Å². The number of anilines is 1. The molecule has 2 aromatic carbocycles. The third-order valence-electron chi connectivity index (χ3n) is 4.40. The highest BCUT2D eigenvalue weighted by Gasteiger charge is 2.43. The second-order valence-electron chi connectivity index (χ2n) is 6.13. The molecule has 1 amide bonds. The van der Waals surface area contributed by atoms with E-state index in [1.165, 1.54) is 32.4 Å². The third kappa shape index (κ3) is 3.74. The van der Waals surface area contributed by atoms with Gasteiger partial charge in [-0.3, -0.25) is 4.79 Å². The largest absolute Gasteiger partial charge is 0.465 e. The first-order valence-corrected chi connectivity index (χ1v) is 8.21. The fourth-order valence-corrected chi connectivity index (χ4v) is 2.96. The number of esters is 2. The van der Waals surface area contributed by atoms with Crippen LogP contribution in [0, 0.1) is 5.92 Å². The first-order valence-electron chi connectivity index (χ1n) is 8.21. The summed E-state index contributed by atoms with van der Waals surface area (Å²) in [6.07, 6.45) is 0.774. The minimum Gasteiger partial charge on any atom is -0.465 e. The molecule has 0 heterocycles. The van der Waals surface area contributed by atoms with Gasteiger partial charge in [0, 0.05) is 11.6 Å². The van der Waals surface area contributed by atoms with Crippen LogP contribution in [0.1, 0.15) is 38.6 Å². The van der Waals surface area contributed by atoms with Crippen LogP contribution in [-0.4, -0.2) is 32.1 Å². The van der Waals surface area contributed by atoms with Crippen molar-refractivity contribution in [3.8, 4) is 0 Å². The van der Waals surface area contributed by atoms with Gasteiger partial charge in [-0.2, -0.15) is 0 Å². The summed E-state index contributed by atoms with van der Waals surface area (Å²) in [5, 5.41) is 2.79. The molecular weight excluding hydrogens is 334 g/mol. The number of carbonyl (C=O) groups is 3. The van der Waals surface area contributed by atoms with Crippen molar-refractivity contribution in [3.63, 3.8) is 0 Å². The molecule has 6 heteroatoms. The Bertz CT molecular complexity index is 812. The Kier molecular flexibility index (Phi) is 5.02. The summed E-state index contributed by atoms with van der Waals surface area (Å²) in [5.74, 6) is -1.27. The molecule has 0 aliphatic heterocycles. The van der Waals surface area contributed by atoms with Gasteiger partial charge in [0.05, 0.1) is 25.3 Å². The first-order chi connectivity index (χ1) is 12.5. The van der Waals surface area contributed by atoms with Crippen molar-refractivity contribution in [3.05, 3.63) is 65.2 Å². The zero-order chi connectivity index (χ0) is 18.7. The Morgan fingerprint density at radius 1 is 0.923 bits per heavy atom. The van der Waals surface area contributed by atoms with Crippen LogP contribution in [0.5, 0.6) is 0 Å². The highest BCUT2D eigenvalue weighted by Crippen LogP contribution is 2.47. The summed E-state index contributed by atoms with van der Waals surface area (Å²) >= 11 is 0. The van der Waals surface area contributed by atoms with Gasteiger partial charge in [-0.15, -0.1) is 0 Å². The zero-order valence-electron chi connectivity index (χ0n) is 14.5. The minimum atomic E-state index is -0.597. The predicted molar refractivity (Wildman–Crippen MR) is 95.0 cm³/mol. The fourth-order valence-electron chi connectivity index (χ4n) is 2.96. The molecule has 1 aliphatic carbocycles. The van der Waals surface area contributed by atoms with Crippen molar-refractivity contribution in [1.29, 1.82) is 0 Å². The lowest BCUT2D eigenvalue weighted by atomic mass is 10.1. The quantitative estimate of drug-likeness (QED) is 0.836. The SMILES string of the molecule is COC(=O)c1cc(NC(=O)[C@@H]2C[C@@H]2c2ccccc2)cc(C(=O)OC)c1. The lowest BCUT2D eigenvalue weighted by molar-refractivity contribution is -0.117. The van der Waals surface area contributed by atoms with E-state index in [-0.39, 0.29) is 28.9 Å². The molecule has 0 unspecified atom stereocenters. The van der Waals surface area contributed by atoms with Crippen LogP contribution in [0.15, 0.2) is 48.5 Å². The monoisotopic (exact) mass is 353 g/mol. The second-order valence-corrected chi connectivity index (χ2v) is 6.13. The van der Waals surface area contributed by atoms with Crippen molar-refractivity contribution in [1.82, 2.24) is 0 Å². The Balaban J connectivity index is 1.77. The predicted octanol–water partition coefficient (Wildman–Crippen LogP) is 3.00. The topological polar surface area (TPSA) is 81.7 Å². The molecule has 3 rings (SSSR count). The number of nitrogens with one attached hydrogen (secondary N) is 1. The van der Waals surface area contributed by atoms with Crippen molar-refractivity contribution in [2.45, 2.75) is 12.3 Å². The summed E-state index contributed by atoms with van der Waals surface area (Å²) in [5.41, 5.74) is 1.82. The Morgan fingerprint density at radius 2 is 1.50 bits per heavy atom. The number of methoxy groups -OCH3 is 2. The van der Waals surface area contributed by atoms with Gasteiger partial charge in [0.15, 0.2) is 0 Å². The van der Waals surface area contributed by atoms with Crippen LogP contribution in [0.4, 0.5) is 5.69 Å². The number of hydrogen-bond donors (Lipinski definition) is 1. The van der Waals surface area contributed by atoms with E-state index >= 15 is 0 Å². The van der Waals surface area contributed by atoms with Crippen molar-refractivity contribution in [2.24, 2.45) is 5.92 Å². The normalized spacial score (nSPS) is 17.9. The molecule has 0 saturated heterocycles. The average molecular weight is 353 g/mol. The second kappa shape index (κ2) is 7.39. The lowest BCUT2D eigenvalue weighted by Gasteiger charge is -2.09. The van der Waals surface area contributed by atoms with Gasteiger partial charge in [-0.25, -0.2) is 9.59 Å². The van der Waals surface area contributed by atoms with E-state index in [0.29, 0.717) is 5.69 Å². The van der Waals surface area contributed by atoms with E-state index in [1.807, 2.05) is 30.3 Å². The minimum absolute atomic E-state index is 0.124. The van der Waals surface area contributed by atoms with Gasteiger partial charge in [-0.1, -0.05) is 30.3 Å². The summed E-state index contributed by atoms with van der Waals surface area (Å²) in [4.78, 5) is 36.1. The van der Waals surface area contributed by atoms with Crippen LogP contribution in [0.25, 0.3) is 0 Å². The van der Waals surface area contributed by atoms with Gasteiger partial charge < -0.3 is 14.8 Å². The van der Waals surface area contributed by atoms with E-state index in [2.05, 4.69) is 5.32 Å². The number of amides is 1. The molecule has 0 bridgehead atoms. The van der Waals surface area contributed by atoms with Gasteiger partial charge in [0.25, 0.3) is 0 Å². The Labute approximate surface area is 151 Å². The maximum atomic E-state index is 12.5. The molecule has 2 aromatic rings. The first kappa shape index (κ1) is 17.7. The third-order valence-corrected chi connectivity index (χ3v) is 4.40. The van der Waals surface area contributed by atoms with Crippen molar-refractivity contribution in [2.75, 3.05) is 19.5 Å². The van der Waals surface area contributed by atoms with Crippen LogP contribution >= 0.6 is 0 Å². The molecule has 1 saturated carbocycles. The van der Waals surface area contributed by atoms with E-state index in [1.54, 1.807) is 0 Å². The molecular formula is C20H19NO5. The maximum Gasteiger partial charge on any atom is 0.337 e. The van der Waals surface area contributed by atoms with E-state index in [0.717, 1.165) is 12.0 Å². The summed E-state index contributed by atoms with van der Waals surface area (Å²) in [6, 6.07) is 14.2. The van der Waals surface area contributed by atoms with Crippen LogP contribution in [0.3, 0.4) is 0 Å². The molecule has 0 radical (unpaired) electrons. The Morgan fingerprint density at radius 3 is 2.04 bits per heavy atom. The molecule has 26 heavy (non-hydrogen) atoms. The zero-order valence-corrected chi connectivity index (χ0v) is 14.5. The summed E-state index contributed by atoms with van der Waals surface area (Å²) < 4.78 is 9.39. The standard InChI is InChI=1S/C20H19NO5/c1-25-19(23)13-8-14(20(24)26-2)10-15(9-13)21-18(22)17-11-16(17)12-6-4-3-5-7-12/h3-10,16-17H,11H2,1-2H3,(H,21,22)/t16-,17-/m1/s1. The average Bonchev–Trinajstić information content (AvgIpc) is 3.48. The summed E-state index contributed by atoms with van der Waals surface area (Å²) in [6.45, 7) is 0. The molecule has 0 aromatic heterocycles. The van der Waals surface area contributed by atoms with Crippen molar-refractivity contribution < 1.29 is 23.9 Å². The van der Waals surface area contributed by atoms with E-state index < -0.39 is 11.9 Å². The lowest BCUT2D eigenvalue weighted by Crippen LogP contribution is -2.16. The summed E-state index contributed by atoms with van der Waals surface area (Å²) in [7, 11) is 2.50. The highest BCUT2D eigenvalue weighted by molar-refractivity contribution is 6.00. The number of hydrogen-bond acceptors (Lipinski definition) is 5. The number of benzene rings is 2. The smallest absolute Gasteiger partial charge is 0.337 e. The van der Waals surface area contributed by atoms with Crippen LogP contribution in [-0.2, 0) is 14.3 Å².